The highest BCUT2D eigenvalue weighted by molar-refractivity contribution is 6.11. The molecule has 10 aromatic rings. The summed E-state index contributed by atoms with van der Waals surface area (Å²) in [7, 11) is 0. The molecule has 0 radical (unpaired) electrons. The van der Waals surface area contributed by atoms with Crippen molar-refractivity contribution in [1.29, 1.82) is 0 Å². The first-order chi connectivity index (χ1) is 26.0. The lowest BCUT2D eigenvalue weighted by atomic mass is 9.82. The number of benzene rings is 7. The van der Waals surface area contributed by atoms with Gasteiger partial charge in [0.25, 0.3) is 0 Å². The number of hydrogen-bond acceptors (Lipinski definition) is 3. The zero-order valence-electron chi connectivity index (χ0n) is 29.3. The summed E-state index contributed by atoms with van der Waals surface area (Å²) in [5, 5.41) is 4.59. The normalized spacial score (nSPS) is 13.2. The third-order valence-electron chi connectivity index (χ3n) is 11.2. The fourth-order valence-electron chi connectivity index (χ4n) is 8.56. The van der Waals surface area contributed by atoms with Gasteiger partial charge in [-0.15, -0.1) is 0 Å². The predicted molar refractivity (Wildman–Crippen MR) is 218 cm³/mol. The molecule has 1 aliphatic rings. The molecule has 250 valence electrons. The molecule has 0 atom stereocenters. The molecule has 0 bridgehead atoms. The van der Waals surface area contributed by atoms with Crippen LogP contribution in [0.2, 0.25) is 0 Å². The molecule has 53 heavy (non-hydrogen) atoms. The van der Waals surface area contributed by atoms with E-state index in [1.54, 1.807) is 0 Å². The van der Waals surface area contributed by atoms with Crippen LogP contribution in [-0.2, 0) is 5.41 Å². The van der Waals surface area contributed by atoms with E-state index in [9.17, 15) is 0 Å². The first kappa shape index (κ1) is 29.9. The Balaban J connectivity index is 1.09. The van der Waals surface area contributed by atoms with E-state index >= 15 is 0 Å². The highest BCUT2D eigenvalue weighted by Gasteiger charge is 2.36. The van der Waals surface area contributed by atoms with Crippen LogP contribution in [0.4, 0.5) is 0 Å². The van der Waals surface area contributed by atoms with Crippen LogP contribution in [-0.4, -0.2) is 14.5 Å². The maximum Gasteiger partial charge on any atom is 0.235 e. The largest absolute Gasteiger partial charge is 0.456 e. The molecule has 0 N–H and O–H groups in total. The Hall–Kier alpha value is -6.78. The number of rotatable bonds is 4. The molecule has 11 rings (SSSR count). The van der Waals surface area contributed by atoms with E-state index in [-0.39, 0.29) is 5.41 Å². The van der Waals surface area contributed by atoms with Crippen molar-refractivity contribution in [2.24, 2.45) is 0 Å². The van der Waals surface area contributed by atoms with Gasteiger partial charge >= 0.3 is 0 Å². The van der Waals surface area contributed by atoms with E-state index < -0.39 is 0 Å². The lowest BCUT2D eigenvalue weighted by Crippen LogP contribution is -2.14. The minimum atomic E-state index is -0.0791. The Morgan fingerprint density at radius 3 is 1.79 bits per heavy atom. The second-order valence-corrected chi connectivity index (χ2v) is 14.6. The number of aromatic nitrogens is 3. The quantitative estimate of drug-likeness (QED) is 0.186. The van der Waals surface area contributed by atoms with E-state index in [1.165, 1.54) is 22.3 Å². The second-order valence-electron chi connectivity index (χ2n) is 14.6. The van der Waals surface area contributed by atoms with Gasteiger partial charge in [0.2, 0.25) is 5.95 Å². The van der Waals surface area contributed by atoms with Crippen molar-refractivity contribution in [3.8, 4) is 50.7 Å². The van der Waals surface area contributed by atoms with Crippen LogP contribution in [0.5, 0.6) is 0 Å². The van der Waals surface area contributed by atoms with E-state index in [4.69, 9.17) is 14.4 Å². The molecule has 0 fully saturated rings. The van der Waals surface area contributed by atoms with Gasteiger partial charge in [0.1, 0.15) is 11.2 Å². The van der Waals surface area contributed by atoms with Gasteiger partial charge in [-0.2, -0.15) is 0 Å². The van der Waals surface area contributed by atoms with E-state index in [1.807, 2.05) is 12.1 Å². The van der Waals surface area contributed by atoms with E-state index in [2.05, 4.69) is 170 Å². The SMILES string of the molecule is CC1(C)c2ccccc2-c2cc3c(cc21)oc1cc(-c2ccc4c5ccccc5n(-c5nc(-c6ccccc6)cc(-c6ccccc6)n5)c4c2)ccc13. The Morgan fingerprint density at radius 1 is 0.434 bits per heavy atom. The van der Waals surface area contributed by atoms with Crippen LogP contribution in [0.15, 0.2) is 168 Å². The molecule has 3 aromatic heterocycles. The van der Waals surface area contributed by atoms with Crippen molar-refractivity contribution in [3.05, 3.63) is 175 Å². The molecule has 1 aliphatic carbocycles. The van der Waals surface area contributed by atoms with E-state index in [0.29, 0.717) is 5.95 Å². The average molecular weight is 680 g/mol. The minimum absolute atomic E-state index is 0.0791. The second kappa shape index (κ2) is 11.1. The summed E-state index contributed by atoms with van der Waals surface area (Å²) in [4.78, 5) is 10.5. The standard InChI is InChI=1S/C49H33N3O/c1-49(2)40-19-11-9-17-34(40)38-27-39-37-24-22-33(26-46(37)53-47(39)28-41(38)49)32-21-23-36-35-18-10-12-20-44(35)52(45(36)25-32)48-50-42(30-13-5-3-6-14-30)29-43(51-48)31-15-7-4-8-16-31/h3-29H,1-2H3. The van der Waals surface area contributed by atoms with Gasteiger partial charge < -0.3 is 4.42 Å². The molecule has 0 saturated carbocycles. The molecular formula is C49H33N3O. The molecule has 0 unspecified atom stereocenters. The lowest BCUT2D eigenvalue weighted by Gasteiger charge is -2.21. The zero-order valence-corrected chi connectivity index (χ0v) is 29.3. The molecular weight excluding hydrogens is 647 g/mol. The molecule has 0 saturated heterocycles. The fraction of sp³-hybridized carbons (Fsp3) is 0.0612. The minimum Gasteiger partial charge on any atom is -0.456 e. The summed E-state index contributed by atoms with van der Waals surface area (Å²) in [6, 6.07) is 58.0. The molecule has 0 amide bonds. The zero-order chi connectivity index (χ0) is 35.3. The van der Waals surface area contributed by atoms with Gasteiger partial charge in [-0.05, 0) is 75.8 Å². The Kier molecular flexibility index (Phi) is 6.27. The summed E-state index contributed by atoms with van der Waals surface area (Å²) >= 11 is 0. The van der Waals surface area contributed by atoms with Gasteiger partial charge in [0.15, 0.2) is 0 Å². The van der Waals surface area contributed by atoms with Gasteiger partial charge in [-0.1, -0.05) is 135 Å². The number of para-hydroxylation sites is 1. The predicted octanol–water partition coefficient (Wildman–Crippen LogP) is 12.8. The molecule has 3 heterocycles. The van der Waals surface area contributed by atoms with Crippen LogP contribution in [0.3, 0.4) is 0 Å². The Bertz CT molecular complexity index is 3020. The molecule has 0 spiro atoms. The smallest absolute Gasteiger partial charge is 0.235 e. The maximum atomic E-state index is 6.65. The van der Waals surface area contributed by atoms with Crippen LogP contribution in [0.1, 0.15) is 25.0 Å². The number of fused-ring (bicyclic) bond motifs is 9. The van der Waals surface area contributed by atoms with Crippen LogP contribution in [0, 0.1) is 0 Å². The Morgan fingerprint density at radius 2 is 1.04 bits per heavy atom. The van der Waals surface area contributed by atoms with E-state index in [0.717, 1.165) is 77.4 Å². The monoisotopic (exact) mass is 679 g/mol. The summed E-state index contributed by atoms with van der Waals surface area (Å²) < 4.78 is 8.86. The third kappa shape index (κ3) is 4.49. The molecule has 0 aliphatic heterocycles. The van der Waals surface area contributed by atoms with Gasteiger partial charge in [-0.25, -0.2) is 9.97 Å². The maximum absolute atomic E-state index is 6.65. The lowest BCUT2D eigenvalue weighted by molar-refractivity contribution is 0.647. The van der Waals surface area contributed by atoms with Gasteiger partial charge in [-0.3, -0.25) is 4.57 Å². The van der Waals surface area contributed by atoms with Crippen molar-refractivity contribution in [2.45, 2.75) is 19.3 Å². The van der Waals surface area contributed by atoms with Crippen molar-refractivity contribution in [3.63, 3.8) is 0 Å². The summed E-state index contributed by atoms with van der Waals surface area (Å²) in [5.41, 5.74) is 15.2. The molecule has 4 heteroatoms. The fourth-order valence-corrected chi connectivity index (χ4v) is 8.56. The van der Waals surface area contributed by atoms with Crippen molar-refractivity contribution < 1.29 is 4.42 Å². The van der Waals surface area contributed by atoms with Crippen molar-refractivity contribution in [2.75, 3.05) is 0 Å². The van der Waals surface area contributed by atoms with Crippen molar-refractivity contribution >= 4 is 43.7 Å². The summed E-state index contributed by atoms with van der Waals surface area (Å²) in [6.07, 6.45) is 0. The number of nitrogens with zero attached hydrogens (tertiary/aromatic N) is 3. The third-order valence-corrected chi connectivity index (χ3v) is 11.2. The topological polar surface area (TPSA) is 43.9 Å². The van der Waals surface area contributed by atoms with Crippen LogP contribution in [0.25, 0.3) is 94.5 Å². The first-order valence-electron chi connectivity index (χ1n) is 18.2. The molecule has 7 aromatic carbocycles. The van der Waals surface area contributed by atoms with Crippen molar-refractivity contribution in [1.82, 2.24) is 14.5 Å². The highest BCUT2D eigenvalue weighted by atomic mass is 16.3. The van der Waals surface area contributed by atoms with Gasteiger partial charge in [0, 0.05) is 38.1 Å². The number of hydrogen-bond donors (Lipinski definition) is 0. The number of furan rings is 1. The summed E-state index contributed by atoms with van der Waals surface area (Å²) in [5.74, 6) is 0.638. The summed E-state index contributed by atoms with van der Waals surface area (Å²) in [6.45, 7) is 4.62. The van der Waals surface area contributed by atoms with Crippen LogP contribution < -0.4 is 0 Å². The van der Waals surface area contributed by atoms with Gasteiger partial charge in [0.05, 0.1) is 22.4 Å². The Labute approximate surface area is 306 Å². The molecule has 4 nitrogen and oxygen atoms in total. The van der Waals surface area contributed by atoms with Crippen LogP contribution >= 0.6 is 0 Å². The first-order valence-corrected chi connectivity index (χ1v) is 18.2. The average Bonchev–Trinajstić information content (AvgIpc) is 3.82. The highest BCUT2D eigenvalue weighted by Crippen LogP contribution is 2.51.